The van der Waals surface area contributed by atoms with E-state index in [2.05, 4.69) is 32.9 Å². The van der Waals surface area contributed by atoms with Crippen LogP contribution in [-0.4, -0.2) is 23.5 Å². The van der Waals surface area contributed by atoms with E-state index in [9.17, 15) is 9.59 Å². The van der Waals surface area contributed by atoms with Gasteiger partial charge in [-0.25, -0.2) is 0 Å². The first-order chi connectivity index (χ1) is 13.0. The third-order valence-corrected chi connectivity index (χ3v) is 5.51. The van der Waals surface area contributed by atoms with Gasteiger partial charge >= 0.3 is 5.97 Å². The number of carbonyl (C=O) groups is 2. The number of nitrogens with two attached hydrogens (primary N) is 1. The Morgan fingerprint density at radius 2 is 2.19 bits per heavy atom. The van der Waals surface area contributed by atoms with E-state index >= 15 is 0 Å². The Morgan fingerprint density at radius 1 is 1.37 bits per heavy atom. The summed E-state index contributed by atoms with van der Waals surface area (Å²) in [5, 5.41) is 2.98. The lowest BCUT2D eigenvalue weighted by Crippen LogP contribution is -2.18. The molecule has 2 aromatic rings. The van der Waals surface area contributed by atoms with Crippen LogP contribution in [0.5, 0.6) is 0 Å². The Kier molecular flexibility index (Phi) is 6.30. The van der Waals surface area contributed by atoms with E-state index in [0.29, 0.717) is 42.9 Å². The molecule has 0 fully saturated rings. The maximum atomic E-state index is 12.5. The van der Waals surface area contributed by atoms with Gasteiger partial charge in [0.25, 0.3) is 0 Å². The van der Waals surface area contributed by atoms with Crippen LogP contribution in [-0.2, 0) is 14.3 Å². The van der Waals surface area contributed by atoms with Crippen molar-refractivity contribution in [2.75, 3.05) is 17.7 Å². The fourth-order valence-corrected chi connectivity index (χ4v) is 3.68. The topological polar surface area (TPSA) is 94.3 Å². The van der Waals surface area contributed by atoms with Crippen molar-refractivity contribution >= 4 is 45.8 Å². The van der Waals surface area contributed by atoms with E-state index in [4.69, 9.17) is 10.5 Å². The fourth-order valence-electron chi connectivity index (χ4n) is 3.21. The molecule has 1 aliphatic rings. The van der Waals surface area contributed by atoms with E-state index in [-0.39, 0.29) is 11.9 Å². The van der Waals surface area contributed by atoms with Gasteiger partial charge in [-0.05, 0) is 72.2 Å². The maximum Gasteiger partial charge on any atom is 0.315 e. The molecular formula is C20H22IN3O3. The van der Waals surface area contributed by atoms with Crippen LogP contribution in [0.4, 0.5) is 11.4 Å². The summed E-state index contributed by atoms with van der Waals surface area (Å²) >= 11 is 2.17. The standard InChI is InChI=1S/C20H22IN3O3/c1-2-27-20(26)13-5-3-4-6-19(25)24-18-11-16(22)15(21)10-14(18)12-7-8-23-17(13)9-12/h7-11,13H,2-6,22H2,1H3,(H,24,25). The summed E-state index contributed by atoms with van der Waals surface area (Å²) < 4.78 is 6.15. The van der Waals surface area contributed by atoms with Gasteiger partial charge in [0.1, 0.15) is 0 Å². The van der Waals surface area contributed by atoms with Gasteiger partial charge in [0.15, 0.2) is 0 Å². The fraction of sp³-hybridized carbons (Fsp3) is 0.350. The van der Waals surface area contributed by atoms with Crippen LogP contribution in [0.2, 0.25) is 0 Å². The number of hydrogen-bond acceptors (Lipinski definition) is 5. The number of hydrogen-bond donors (Lipinski definition) is 2. The average molecular weight is 479 g/mol. The largest absolute Gasteiger partial charge is 0.465 e. The van der Waals surface area contributed by atoms with Gasteiger partial charge in [-0.15, -0.1) is 0 Å². The summed E-state index contributed by atoms with van der Waals surface area (Å²) in [6.45, 7) is 2.13. The summed E-state index contributed by atoms with van der Waals surface area (Å²) in [4.78, 5) is 29.2. The van der Waals surface area contributed by atoms with E-state index < -0.39 is 5.92 Å². The van der Waals surface area contributed by atoms with Crippen LogP contribution in [0.3, 0.4) is 0 Å². The molecule has 1 aliphatic heterocycles. The first kappa shape index (κ1) is 19.6. The highest BCUT2D eigenvalue weighted by atomic mass is 127. The van der Waals surface area contributed by atoms with Crippen molar-refractivity contribution in [2.45, 2.75) is 38.5 Å². The number of rotatable bonds is 2. The van der Waals surface area contributed by atoms with Crippen molar-refractivity contribution < 1.29 is 14.3 Å². The van der Waals surface area contributed by atoms with E-state index in [1.54, 1.807) is 19.2 Å². The van der Waals surface area contributed by atoms with Crippen molar-refractivity contribution in [2.24, 2.45) is 0 Å². The van der Waals surface area contributed by atoms with Crippen LogP contribution in [0.1, 0.15) is 44.2 Å². The molecule has 2 heterocycles. The van der Waals surface area contributed by atoms with Crippen LogP contribution in [0.25, 0.3) is 11.1 Å². The molecule has 1 unspecified atom stereocenters. The normalized spacial score (nSPS) is 17.1. The Balaban J connectivity index is 2.12. The van der Waals surface area contributed by atoms with Crippen LogP contribution >= 0.6 is 22.6 Å². The lowest BCUT2D eigenvalue weighted by Gasteiger charge is -2.19. The third kappa shape index (κ3) is 4.58. The molecule has 1 aromatic heterocycles. The van der Waals surface area contributed by atoms with E-state index in [1.165, 1.54) is 0 Å². The highest BCUT2D eigenvalue weighted by molar-refractivity contribution is 14.1. The SMILES string of the molecule is CCOC(=O)C1CCCCC(=O)Nc2cc(N)c(I)cc2-c2ccnc1c2. The number of amides is 1. The molecule has 0 saturated heterocycles. The lowest BCUT2D eigenvalue weighted by molar-refractivity contribution is -0.145. The summed E-state index contributed by atoms with van der Waals surface area (Å²) in [5.74, 6) is -0.751. The second-order valence-electron chi connectivity index (χ2n) is 6.49. The zero-order valence-corrected chi connectivity index (χ0v) is 17.3. The number of aromatic nitrogens is 1. The molecule has 27 heavy (non-hydrogen) atoms. The zero-order valence-electron chi connectivity index (χ0n) is 15.1. The molecule has 2 bridgehead atoms. The second kappa shape index (κ2) is 8.69. The molecular weight excluding hydrogens is 457 g/mol. The summed E-state index contributed by atoms with van der Waals surface area (Å²) in [7, 11) is 0. The second-order valence-corrected chi connectivity index (χ2v) is 7.65. The predicted molar refractivity (Wildman–Crippen MR) is 113 cm³/mol. The quantitative estimate of drug-likeness (QED) is 0.385. The molecule has 6 nitrogen and oxygen atoms in total. The minimum Gasteiger partial charge on any atom is -0.465 e. The van der Waals surface area contributed by atoms with Gasteiger partial charge < -0.3 is 15.8 Å². The van der Waals surface area contributed by atoms with Gasteiger partial charge in [0.2, 0.25) is 5.91 Å². The smallest absolute Gasteiger partial charge is 0.315 e. The Bertz CT molecular complexity index is 870. The monoisotopic (exact) mass is 479 g/mol. The third-order valence-electron chi connectivity index (χ3n) is 4.58. The number of nitrogens with zero attached hydrogens (tertiary/aromatic N) is 1. The minimum absolute atomic E-state index is 0.0561. The Hall–Kier alpha value is -2.16. The highest BCUT2D eigenvalue weighted by Gasteiger charge is 2.24. The number of esters is 1. The number of pyridine rings is 1. The van der Waals surface area contributed by atoms with Gasteiger partial charge in [-0.2, -0.15) is 0 Å². The van der Waals surface area contributed by atoms with Crippen molar-refractivity contribution in [1.82, 2.24) is 4.98 Å². The average Bonchev–Trinajstić information content (AvgIpc) is 2.64. The molecule has 3 rings (SSSR count). The number of fused-ring (bicyclic) bond motifs is 4. The molecule has 7 heteroatoms. The number of carbonyl (C=O) groups excluding carboxylic acids is 2. The van der Waals surface area contributed by atoms with Crippen LogP contribution < -0.4 is 11.1 Å². The first-order valence-electron chi connectivity index (χ1n) is 9.01. The summed E-state index contributed by atoms with van der Waals surface area (Å²) in [5.41, 5.74) is 9.75. The molecule has 0 radical (unpaired) electrons. The summed E-state index contributed by atoms with van der Waals surface area (Å²) in [6, 6.07) is 7.49. The molecule has 1 atom stereocenters. The van der Waals surface area contributed by atoms with E-state index in [0.717, 1.165) is 21.1 Å². The number of nitrogen functional groups attached to an aromatic ring is 1. The van der Waals surface area contributed by atoms with Gasteiger partial charge in [-0.3, -0.25) is 14.6 Å². The van der Waals surface area contributed by atoms with Crippen molar-refractivity contribution in [3.05, 3.63) is 39.7 Å². The lowest BCUT2D eigenvalue weighted by atomic mass is 9.94. The van der Waals surface area contributed by atoms with Crippen LogP contribution in [0, 0.1) is 3.57 Å². The molecule has 1 amide bonds. The molecule has 142 valence electrons. The minimum atomic E-state index is -0.427. The number of ether oxygens (including phenoxy) is 1. The molecule has 1 aromatic carbocycles. The molecule has 3 N–H and O–H groups in total. The van der Waals surface area contributed by atoms with Gasteiger partial charge in [0, 0.05) is 27.4 Å². The van der Waals surface area contributed by atoms with Gasteiger partial charge in [0.05, 0.1) is 23.9 Å². The number of halogens is 1. The van der Waals surface area contributed by atoms with Crippen molar-refractivity contribution in [1.29, 1.82) is 0 Å². The Morgan fingerprint density at radius 3 is 2.96 bits per heavy atom. The van der Waals surface area contributed by atoms with Crippen LogP contribution in [0.15, 0.2) is 30.5 Å². The summed E-state index contributed by atoms with van der Waals surface area (Å²) in [6.07, 6.45) is 4.12. The first-order valence-corrected chi connectivity index (χ1v) is 10.1. The zero-order chi connectivity index (χ0) is 19.4. The molecule has 0 aliphatic carbocycles. The van der Waals surface area contributed by atoms with Crippen molar-refractivity contribution in [3.63, 3.8) is 0 Å². The van der Waals surface area contributed by atoms with Crippen molar-refractivity contribution in [3.8, 4) is 11.1 Å². The number of anilines is 2. The number of benzene rings is 1. The van der Waals surface area contributed by atoms with Gasteiger partial charge in [-0.1, -0.05) is 6.42 Å². The molecule has 0 saturated carbocycles. The predicted octanol–water partition coefficient (Wildman–Crippen LogP) is 4.09. The number of nitrogens with one attached hydrogen (secondary N) is 1. The molecule has 0 spiro atoms. The van der Waals surface area contributed by atoms with E-state index in [1.807, 2.05) is 18.2 Å². The Labute approximate surface area is 172 Å². The highest BCUT2D eigenvalue weighted by Crippen LogP contribution is 2.35. The maximum absolute atomic E-state index is 12.5.